The molecule has 1 heterocycles. The van der Waals surface area contributed by atoms with Crippen molar-refractivity contribution in [1.82, 2.24) is 4.90 Å². The van der Waals surface area contributed by atoms with Crippen LogP contribution in [0, 0.1) is 0 Å². The van der Waals surface area contributed by atoms with Crippen LogP contribution in [0.15, 0.2) is 28.7 Å². The van der Waals surface area contributed by atoms with E-state index in [1.165, 1.54) is 0 Å². The number of ketones is 1. The van der Waals surface area contributed by atoms with Crippen molar-refractivity contribution in [3.63, 3.8) is 0 Å². The lowest BCUT2D eigenvalue weighted by Gasteiger charge is -2.40. The predicted octanol–water partition coefficient (Wildman–Crippen LogP) is 3.85. The highest BCUT2D eigenvalue weighted by molar-refractivity contribution is 9.10. The second-order valence-corrected chi connectivity index (χ2v) is 7.50. The summed E-state index contributed by atoms with van der Waals surface area (Å²) < 4.78 is 1.01. The van der Waals surface area contributed by atoms with Crippen molar-refractivity contribution in [2.75, 3.05) is 12.3 Å². The van der Waals surface area contributed by atoms with Gasteiger partial charge in [-0.25, -0.2) is 0 Å². The van der Waals surface area contributed by atoms with Gasteiger partial charge in [-0.2, -0.15) is 11.8 Å². The highest BCUT2D eigenvalue weighted by atomic mass is 79.9. The number of hydrogen-bond donors (Lipinski definition) is 0. The normalized spacial score (nSPS) is 26.1. The van der Waals surface area contributed by atoms with E-state index in [9.17, 15) is 4.79 Å². The summed E-state index contributed by atoms with van der Waals surface area (Å²) in [5, 5.41) is 0.592. The van der Waals surface area contributed by atoms with Crippen molar-refractivity contribution in [3.8, 4) is 0 Å². The molecule has 1 aliphatic rings. The van der Waals surface area contributed by atoms with Gasteiger partial charge in [0.25, 0.3) is 0 Å². The van der Waals surface area contributed by atoms with Gasteiger partial charge in [-0.15, -0.1) is 0 Å². The molecule has 2 nitrogen and oxygen atoms in total. The second-order valence-electron chi connectivity index (χ2n) is 5.10. The molecule has 1 aromatic rings. The van der Waals surface area contributed by atoms with Gasteiger partial charge in [0, 0.05) is 33.6 Å². The highest BCUT2D eigenvalue weighted by Gasteiger charge is 2.32. The zero-order valence-electron chi connectivity index (χ0n) is 11.6. The Bertz CT molecular complexity index is 448. The van der Waals surface area contributed by atoms with Crippen LogP contribution >= 0.6 is 27.7 Å². The van der Waals surface area contributed by atoms with Crippen molar-refractivity contribution >= 4 is 33.5 Å². The lowest BCUT2D eigenvalue weighted by atomic mass is 10.0. The molecule has 0 spiro atoms. The molecule has 0 aliphatic carbocycles. The first-order valence-electron chi connectivity index (χ1n) is 6.68. The van der Waals surface area contributed by atoms with Crippen LogP contribution in [0.3, 0.4) is 0 Å². The van der Waals surface area contributed by atoms with Gasteiger partial charge < -0.3 is 0 Å². The summed E-state index contributed by atoms with van der Waals surface area (Å²) in [5.41, 5.74) is 0.800. The molecule has 3 unspecified atom stereocenters. The number of hydrogen-bond acceptors (Lipinski definition) is 3. The maximum atomic E-state index is 12.5. The Kier molecular flexibility index (Phi) is 5.09. The van der Waals surface area contributed by atoms with Gasteiger partial charge in [-0.1, -0.05) is 35.0 Å². The summed E-state index contributed by atoms with van der Waals surface area (Å²) in [4.78, 5) is 14.9. The molecule has 1 aromatic carbocycles. The van der Waals surface area contributed by atoms with Gasteiger partial charge in [-0.05, 0) is 26.0 Å². The maximum absolute atomic E-state index is 12.5. The average molecular weight is 342 g/mol. The van der Waals surface area contributed by atoms with E-state index in [-0.39, 0.29) is 11.8 Å². The number of carbonyl (C=O) groups excluding carboxylic acids is 1. The van der Waals surface area contributed by atoms with Gasteiger partial charge in [0.2, 0.25) is 0 Å². The quantitative estimate of drug-likeness (QED) is 0.779. The van der Waals surface area contributed by atoms with Gasteiger partial charge in [-0.3, -0.25) is 9.69 Å². The summed E-state index contributed by atoms with van der Waals surface area (Å²) in [6, 6.07) is 8.06. The van der Waals surface area contributed by atoms with Crippen LogP contribution < -0.4 is 0 Å². The Balaban J connectivity index is 2.12. The van der Waals surface area contributed by atoms with Crippen LogP contribution in [-0.2, 0) is 0 Å². The molecule has 1 aliphatic heterocycles. The summed E-state index contributed by atoms with van der Waals surface area (Å²) in [6.45, 7) is 7.50. The average Bonchev–Trinajstić information content (AvgIpc) is 2.41. The van der Waals surface area contributed by atoms with Crippen LogP contribution in [0.4, 0.5) is 0 Å². The smallest absolute Gasteiger partial charge is 0.179 e. The fourth-order valence-corrected chi connectivity index (χ4v) is 3.90. The van der Waals surface area contributed by atoms with Crippen molar-refractivity contribution in [3.05, 3.63) is 34.3 Å². The Labute approximate surface area is 128 Å². The molecule has 19 heavy (non-hydrogen) atoms. The molecule has 0 aromatic heterocycles. The Morgan fingerprint density at radius 1 is 1.37 bits per heavy atom. The van der Waals surface area contributed by atoms with Crippen molar-refractivity contribution in [1.29, 1.82) is 0 Å². The molecule has 4 heteroatoms. The number of carbonyl (C=O) groups is 1. The van der Waals surface area contributed by atoms with Crippen molar-refractivity contribution in [2.24, 2.45) is 0 Å². The lowest BCUT2D eigenvalue weighted by Crippen LogP contribution is -2.51. The van der Waals surface area contributed by atoms with Crippen molar-refractivity contribution in [2.45, 2.75) is 38.1 Å². The summed E-state index contributed by atoms with van der Waals surface area (Å²) in [7, 11) is 0. The molecule has 2 rings (SSSR count). The number of Topliss-reactive ketones (excluding diaryl/α,β-unsaturated/α-hetero) is 1. The third kappa shape index (κ3) is 3.41. The molecular formula is C15H20BrNOS. The first-order valence-corrected chi connectivity index (χ1v) is 8.52. The largest absolute Gasteiger partial charge is 0.292 e. The fraction of sp³-hybridized carbons (Fsp3) is 0.533. The molecule has 0 saturated carbocycles. The molecule has 0 radical (unpaired) electrons. The molecular weight excluding hydrogens is 322 g/mol. The summed E-state index contributed by atoms with van der Waals surface area (Å²) in [6.07, 6.45) is 0. The minimum atomic E-state index is -0.0421. The number of rotatable bonds is 3. The first-order chi connectivity index (χ1) is 9.00. The fourth-order valence-electron chi connectivity index (χ4n) is 2.51. The Morgan fingerprint density at radius 3 is 2.63 bits per heavy atom. The molecule has 3 atom stereocenters. The zero-order chi connectivity index (χ0) is 14.0. The van der Waals surface area contributed by atoms with E-state index in [2.05, 4.69) is 34.7 Å². The van der Waals surface area contributed by atoms with Crippen LogP contribution in [0.2, 0.25) is 0 Å². The Hall–Kier alpha value is -0.320. The highest BCUT2D eigenvalue weighted by Crippen LogP contribution is 2.27. The lowest BCUT2D eigenvalue weighted by molar-refractivity contribution is 0.0781. The van der Waals surface area contributed by atoms with Gasteiger partial charge in [0.1, 0.15) is 0 Å². The van der Waals surface area contributed by atoms with E-state index in [4.69, 9.17) is 0 Å². The van der Waals surface area contributed by atoms with E-state index in [0.29, 0.717) is 11.3 Å². The molecule has 0 bridgehead atoms. The van der Waals surface area contributed by atoms with E-state index in [1.807, 2.05) is 43.0 Å². The maximum Gasteiger partial charge on any atom is 0.179 e. The van der Waals surface area contributed by atoms with E-state index >= 15 is 0 Å². The molecule has 0 amide bonds. The molecule has 1 fully saturated rings. The van der Waals surface area contributed by atoms with Crippen LogP contribution in [0.25, 0.3) is 0 Å². The Morgan fingerprint density at radius 2 is 2.00 bits per heavy atom. The molecule has 104 valence electrons. The van der Waals surface area contributed by atoms with E-state index in [0.717, 1.165) is 22.3 Å². The predicted molar refractivity (Wildman–Crippen MR) is 86.0 cm³/mol. The van der Waals surface area contributed by atoms with Gasteiger partial charge in [0.15, 0.2) is 5.78 Å². The third-order valence-corrected chi connectivity index (χ3v) is 5.80. The molecule has 1 saturated heterocycles. The van der Waals surface area contributed by atoms with Crippen LogP contribution in [0.1, 0.15) is 31.1 Å². The second kappa shape index (κ2) is 6.42. The van der Waals surface area contributed by atoms with Gasteiger partial charge >= 0.3 is 0 Å². The SMILES string of the molecule is CC1SCCN(C(C)C(=O)c2ccc(Br)cc2)C1C. The van der Waals surface area contributed by atoms with Crippen molar-refractivity contribution < 1.29 is 4.79 Å². The number of nitrogens with zero attached hydrogens (tertiary/aromatic N) is 1. The molecule has 0 N–H and O–H groups in total. The third-order valence-electron chi connectivity index (χ3n) is 3.94. The zero-order valence-corrected chi connectivity index (χ0v) is 14.0. The minimum Gasteiger partial charge on any atom is -0.292 e. The van der Waals surface area contributed by atoms with E-state index in [1.54, 1.807) is 0 Å². The standard InChI is InChI=1S/C15H20BrNOS/c1-10-12(3)19-9-8-17(10)11(2)15(18)13-4-6-14(16)7-5-13/h4-7,10-12H,8-9H2,1-3H3. The monoisotopic (exact) mass is 341 g/mol. The number of benzene rings is 1. The number of thioether (sulfide) groups is 1. The van der Waals surface area contributed by atoms with Crippen LogP contribution in [-0.4, -0.2) is 40.3 Å². The van der Waals surface area contributed by atoms with E-state index < -0.39 is 0 Å². The summed E-state index contributed by atoms with van der Waals surface area (Å²) >= 11 is 5.40. The first kappa shape index (κ1) is 15.1. The summed E-state index contributed by atoms with van der Waals surface area (Å²) in [5.74, 6) is 1.34. The topological polar surface area (TPSA) is 20.3 Å². The van der Waals surface area contributed by atoms with Gasteiger partial charge in [0.05, 0.1) is 6.04 Å². The van der Waals surface area contributed by atoms with Crippen LogP contribution in [0.5, 0.6) is 0 Å². The minimum absolute atomic E-state index is 0.0421. The number of halogens is 1.